The number of nitrogens with one attached hydrogen (secondary N) is 1. The number of benzene rings is 2. The number of sulfonamides is 1. The van der Waals surface area contributed by atoms with Gasteiger partial charge < -0.3 is 10.2 Å². The van der Waals surface area contributed by atoms with Crippen LogP contribution in [0, 0.1) is 13.8 Å². The third kappa shape index (κ3) is 7.32. The maximum absolute atomic E-state index is 13.2. The lowest BCUT2D eigenvalue weighted by Crippen LogP contribution is -2.47. The summed E-state index contributed by atoms with van der Waals surface area (Å²) >= 11 is 0. The molecule has 0 unspecified atom stereocenters. The maximum atomic E-state index is 13.2. The van der Waals surface area contributed by atoms with Crippen LogP contribution in [-0.2, 0) is 26.2 Å². The van der Waals surface area contributed by atoms with Gasteiger partial charge in [-0.3, -0.25) is 13.9 Å². The Morgan fingerprint density at radius 3 is 2.18 bits per heavy atom. The maximum Gasteiger partial charge on any atom is 0.242 e. The van der Waals surface area contributed by atoms with Gasteiger partial charge in [-0.05, 0) is 56.9 Å². The van der Waals surface area contributed by atoms with Crippen molar-refractivity contribution in [1.82, 2.24) is 10.2 Å². The molecule has 7 nitrogen and oxygen atoms in total. The molecule has 0 aliphatic heterocycles. The monoisotopic (exact) mass is 473 g/mol. The van der Waals surface area contributed by atoms with Gasteiger partial charge in [0.1, 0.15) is 6.04 Å². The van der Waals surface area contributed by atoms with Gasteiger partial charge in [0, 0.05) is 26.1 Å². The zero-order chi connectivity index (χ0) is 24.6. The first kappa shape index (κ1) is 26.4. The lowest BCUT2D eigenvalue weighted by Gasteiger charge is -2.30. The highest BCUT2D eigenvalue weighted by molar-refractivity contribution is 7.92. The smallest absolute Gasteiger partial charge is 0.242 e. The lowest BCUT2D eigenvalue weighted by molar-refractivity contribution is -0.140. The number of carbonyl (C=O) groups is 2. The summed E-state index contributed by atoms with van der Waals surface area (Å²) in [7, 11) is -3.51. The summed E-state index contributed by atoms with van der Waals surface area (Å²) in [6, 6.07) is 14.4. The molecule has 2 amide bonds. The highest BCUT2D eigenvalue weighted by atomic mass is 32.2. The van der Waals surface area contributed by atoms with E-state index in [1.165, 1.54) is 10.6 Å². The number of hydrogen-bond acceptors (Lipinski definition) is 4. The van der Waals surface area contributed by atoms with Crippen molar-refractivity contribution in [1.29, 1.82) is 0 Å². The number of hydrogen-bond donors (Lipinski definition) is 1. The van der Waals surface area contributed by atoms with Crippen molar-refractivity contribution in [3.8, 4) is 0 Å². The average molecular weight is 474 g/mol. The Morgan fingerprint density at radius 1 is 1.00 bits per heavy atom. The second-order valence-corrected chi connectivity index (χ2v) is 10.2. The predicted molar refractivity (Wildman–Crippen MR) is 132 cm³/mol. The Morgan fingerprint density at radius 2 is 1.61 bits per heavy atom. The molecule has 1 N–H and O–H groups in total. The van der Waals surface area contributed by atoms with Crippen LogP contribution in [0.4, 0.5) is 5.69 Å². The van der Waals surface area contributed by atoms with E-state index < -0.39 is 16.1 Å². The highest BCUT2D eigenvalue weighted by Gasteiger charge is 2.26. The molecule has 180 valence electrons. The van der Waals surface area contributed by atoms with Crippen molar-refractivity contribution < 1.29 is 18.0 Å². The Labute approximate surface area is 197 Å². The van der Waals surface area contributed by atoms with E-state index in [9.17, 15) is 18.0 Å². The first-order valence-corrected chi connectivity index (χ1v) is 13.1. The Balaban J connectivity index is 2.18. The summed E-state index contributed by atoms with van der Waals surface area (Å²) < 4.78 is 26.2. The van der Waals surface area contributed by atoms with Crippen molar-refractivity contribution in [3.05, 3.63) is 65.2 Å². The summed E-state index contributed by atoms with van der Waals surface area (Å²) in [5.74, 6) is -0.396. The van der Waals surface area contributed by atoms with E-state index in [-0.39, 0.29) is 24.8 Å². The molecule has 0 saturated carbocycles. The molecule has 0 aliphatic rings. The van der Waals surface area contributed by atoms with Gasteiger partial charge in [-0.25, -0.2) is 8.42 Å². The van der Waals surface area contributed by atoms with Crippen LogP contribution in [0.15, 0.2) is 48.5 Å². The number of carbonyl (C=O) groups excluding carboxylic acids is 2. The van der Waals surface area contributed by atoms with Gasteiger partial charge in [0.15, 0.2) is 0 Å². The molecule has 2 rings (SSSR count). The molecule has 2 aromatic rings. The van der Waals surface area contributed by atoms with Crippen molar-refractivity contribution in [2.75, 3.05) is 23.7 Å². The van der Waals surface area contributed by atoms with E-state index in [0.717, 1.165) is 16.7 Å². The van der Waals surface area contributed by atoms with Crippen molar-refractivity contribution >= 4 is 27.5 Å². The van der Waals surface area contributed by atoms with Crippen molar-refractivity contribution in [2.24, 2.45) is 0 Å². The van der Waals surface area contributed by atoms with E-state index in [1.807, 2.05) is 57.2 Å². The average Bonchev–Trinajstić information content (AvgIpc) is 2.75. The Bertz CT molecular complexity index is 1070. The zero-order valence-electron chi connectivity index (χ0n) is 20.2. The molecule has 0 fully saturated rings. The zero-order valence-corrected chi connectivity index (χ0v) is 21.0. The first-order valence-electron chi connectivity index (χ1n) is 11.2. The first-order chi connectivity index (χ1) is 15.6. The van der Waals surface area contributed by atoms with Crippen molar-refractivity contribution in [2.45, 2.75) is 53.1 Å². The van der Waals surface area contributed by atoms with Crippen LogP contribution >= 0.6 is 0 Å². The third-order valence-electron chi connectivity index (χ3n) is 5.66. The summed E-state index contributed by atoms with van der Waals surface area (Å²) in [5, 5.41) is 2.78. The fourth-order valence-corrected chi connectivity index (χ4v) is 4.72. The minimum Gasteiger partial charge on any atom is -0.355 e. The minimum absolute atomic E-state index is 0.132. The van der Waals surface area contributed by atoms with Crippen molar-refractivity contribution in [3.63, 3.8) is 0 Å². The summed E-state index contributed by atoms with van der Waals surface area (Å²) in [6.07, 6.45) is 1.64. The number of nitrogens with zero attached hydrogens (tertiary/aromatic N) is 2. The highest BCUT2D eigenvalue weighted by Crippen LogP contribution is 2.23. The Hall–Kier alpha value is -2.87. The van der Waals surface area contributed by atoms with E-state index >= 15 is 0 Å². The second-order valence-electron chi connectivity index (χ2n) is 8.24. The van der Waals surface area contributed by atoms with E-state index in [1.54, 1.807) is 24.0 Å². The van der Waals surface area contributed by atoms with Gasteiger partial charge in [0.25, 0.3) is 0 Å². The number of amides is 2. The SMILES string of the molecule is CCNC(=O)[C@@H](C)N(Cc1ccccc1C)C(=O)CCCN(c1ccccc1C)S(C)(=O)=O. The molecule has 0 aromatic heterocycles. The molecule has 0 aliphatic carbocycles. The summed E-state index contributed by atoms with van der Waals surface area (Å²) in [4.78, 5) is 27.3. The predicted octanol–water partition coefficient (Wildman–Crippen LogP) is 3.40. The molecule has 2 aromatic carbocycles. The fourth-order valence-electron chi connectivity index (χ4n) is 3.70. The van der Waals surface area contributed by atoms with Gasteiger partial charge in [0.05, 0.1) is 11.9 Å². The van der Waals surface area contributed by atoms with Crippen LogP contribution in [0.2, 0.25) is 0 Å². The van der Waals surface area contributed by atoms with Crippen LogP contribution in [0.5, 0.6) is 0 Å². The van der Waals surface area contributed by atoms with Crippen LogP contribution in [-0.4, -0.2) is 50.5 Å². The summed E-state index contributed by atoms with van der Waals surface area (Å²) in [6.45, 7) is 8.37. The van der Waals surface area contributed by atoms with E-state index in [2.05, 4.69) is 5.32 Å². The van der Waals surface area contributed by atoms with Crippen LogP contribution in [0.25, 0.3) is 0 Å². The van der Waals surface area contributed by atoms with Crippen LogP contribution < -0.4 is 9.62 Å². The van der Waals surface area contributed by atoms with Gasteiger partial charge in [-0.2, -0.15) is 0 Å². The van der Waals surface area contributed by atoms with E-state index in [4.69, 9.17) is 0 Å². The van der Waals surface area contributed by atoms with Gasteiger partial charge in [-0.1, -0.05) is 42.5 Å². The number of likely N-dealkylation sites (N-methyl/N-ethyl adjacent to an activating group) is 1. The lowest BCUT2D eigenvalue weighted by atomic mass is 10.1. The van der Waals surface area contributed by atoms with Gasteiger partial charge >= 0.3 is 0 Å². The number of aryl methyl sites for hydroxylation is 2. The molecule has 0 bridgehead atoms. The molecule has 0 saturated heterocycles. The molecule has 0 heterocycles. The second kappa shape index (κ2) is 11.8. The van der Waals surface area contributed by atoms with Crippen LogP contribution in [0.1, 0.15) is 43.4 Å². The number of anilines is 1. The van der Waals surface area contributed by atoms with Crippen LogP contribution in [0.3, 0.4) is 0 Å². The van der Waals surface area contributed by atoms with Gasteiger partial charge in [-0.15, -0.1) is 0 Å². The topological polar surface area (TPSA) is 86.8 Å². The quantitative estimate of drug-likeness (QED) is 0.542. The third-order valence-corrected chi connectivity index (χ3v) is 6.84. The standard InChI is InChI=1S/C25H35N3O4S/c1-6-26-25(30)21(4)27(18-22-14-9-7-12-19(22)2)24(29)16-11-17-28(33(5,31)32)23-15-10-8-13-20(23)3/h7-10,12-15,21H,6,11,16-18H2,1-5H3,(H,26,30)/t21-/m1/s1. The largest absolute Gasteiger partial charge is 0.355 e. The van der Waals surface area contributed by atoms with E-state index in [0.29, 0.717) is 25.2 Å². The molecular formula is C25H35N3O4S. The number of rotatable bonds is 11. The normalized spacial score (nSPS) is 12.2. The molecule has 1 atom stereocenters. The Kier molecular flexibility index (Phi) is 9.46. The molecular weight excluding hydrogens is 438 g/mol. The minimum atomic E-state index is -3.51. The number of para-hydroxylation sites is 1. The molecule has 0 spiro atoms. The molecule has 8 heteroatoms. The summed E-state index contributed by atoms with van der Waals surface area (Å²) in [5.41, 5.74) is 3.47. The van der Waals surface area contributed by atoms with Gasteiger partial charge in [0.2, 0.25) is 21.8 Å². The molecule has 33 heavy (non-hydrogen) atoms. The fraction of sp³-hybridized carbons (Fsp3) is 0.440. The molecule has 0 radical (unpaired) electrons.